The van der Waals surface area contributed by atoms with Crippen LogP contribution >= 0.6 is 11.6 Å². The van der Waals surface area contributed by atoms with E-state index in [1.807, 2.05) is 0 Å². The summed E-state index contributed by atoms with van der Waals surface area (Å²) in [5.74, 6) is -3.30. The SMILES string of the molecule is O=C(O)C(=O)c1c(O)cccc1Cl. The Bertz CT molecular complexity index is 352. The number of rotatable bonds is 2. The molecule has 0 aliphatic rings. The molecule has 1 aromatic rings. The van der Waals surface area contributed by atoms with Crippen LogP contribution < -0.4 is 0 Å². The second kappa shape index (κ2) is 3.45. The molecule has 0 radical (unpaired) electrons. The maximum Gasteiger partial charge on any atom is 0.377 e. The maximum absolute atomic E-state index is 10.9. The number of benzene rings is 1. The highest BCUT2D eigenvalue weighted by Crippen LogP contribution is 2.25. The molecule has 13 heavy (non-hydrogen) atoms. The van der Waals surface area contributed by atoms with Crippen molar-refractivity contribution in [1.82, 2.24) is 0 Å². The smallest absolute Gasteiger partial charge is 0.377 e. The van der Waals surface area contributed by atoms with E-state index in [9.17, 15) is 9.59 Å². The van der Waals surface area contributed by atoms with Gasteiger partial charge in [0, 0.05) is 0 Å². The lowest BCUT2D eigenvalue weighted by Gasteiger charge is -2.01. The van der Waals surface area contributed by atoms with Crippen molar-refractivity contribution in [2.75, 3.05) is 0 Å². The molecular weight excluding hydrogens is 196 g/mol. The zero-order valence-corrected chi connectivity index (χ0v) is 7.08. The molecule has 1 aromatic carbocycles. The Balaban J connectivity index is 3.28. The predicted octanol–water partition coefficient (Wildman–Crippen LogP) is 1.31. The van der Waals surface area contributed by atoms with Crippen LogP contribution in [0.25, 0.3) is 0 Å². The Hall–Kier alpha value is -1.55. The third-order valence-electron chi connectivity index (χ3n) is 1.41. The first kappa shape index (κ1) is 9.54. The minimum absolute atomic E-state index is 0.0765. The van der Waals surface area contributed by atoms with Crippen LogP contribution in [0.15, 0.2) is 18.2 Å². The van der Waals surface area contributed by atoms with Gasteiger partial charge in [0.05, 0.1) is 10.6 Å². The van der Waals surface area contributed by atoms with Crippen molar-refractivity contribution in [2.24, 2.45) is 0 Å². The summed E-state index contributed by atoms with van der Waals surface area (Å²) < 4.78 is 0. The molecule has 0 aliphatic heterocycles. The Morgan fingerprint density at radius 3 is 2.38 bits per heavy atom. The van der Waals surface area contributed by atoms with E-state index in [0.29, 0.717) is 0 Å². The number of Topliss-reactive ketones (excluding diaryl/α,β-unsaturated/α-hetero) is 1. The standard InChI is InChI=1S/C8H5ClO4/c9-4-2-1-3-5(10)6(4)7(11)8(12)13/h1-3,10H,(H,12,13). The molecule has 0 spiro atoms. The summed E-state index contributed by atoms with van der Waals surface area (Å²) in [7, 11) is 0. The number of phenolic OH excluding ortho intramolecular Hbond substituents is 1. The maximum atomic E-state index is 10.9. The van der Waals surface area contributed by atoms with Crippen molar-refractivity contribution in [3.8, 4) is 5.75 Å². The van der Waals surface area contributed by atoms with E-state index in [1.165, 1.54) is 18.2 Å². The van der Waals surface area contributed by atoms with Gasteiger partial charge in [-0.25, -0.2) is 4.79 Å². The van der Waals surface area contributed by atoms with E-state index >= 15 is 0 Å². The molecule has 1 rings (SSSR count). The topological polar surface area (TPSA) is 74.6 Å². The fraction of sp³-hybridized carbons (Fsp3) is 0. The third-order valence-corrected chi connectivity index (χ3v) is 1.73. The summed E-state index contributed by atoms with van der Waals surface area (Å²) in [6.45, 7) is 0. The highest BCUT2D eigenvalue weighted by Gasteiger charge is 2.21. The van der Waals surface area contributed by atoms with E-state index in [0.717, 1.165) is 0 Å². The minimum Gasteiger partial charge on any atom is -0.507 e. The number of carbonyl (C=O) groups is 2. The van der Waals surface area contributed by atoms with E-state index in [4.69, 9.17) is 21.8 Å². The first-order valence-electron chi connectivity index (χ1n) is 3.29. The first-order chi connectivity index (χ1) is 6.04. The number of halogens is 1. The molecule has 0 aromatic heterocycles. The molecule has 0 bridgehead atoms. The van der Waals surface area contributed by atoms with E-state index < -0.39 is 17.5 Å². The number of carboxylic acid groups (broad SMARTS) is 1. The number of hydrogen-bond donors (Lipinski definition) is 2. The van der Waals surface area contributed by atoms with Gasteiger partial charge in [0.2, 0.25) is 0 Å². The predicted molar refractivity (Wildman–Crippen MR) is 45.1 cm³/mol. The lowest BCUT2D eigenvalue weighted by atomic mass is 10.1. The van der Waals surface area contributed by atoms with Gasteiger partial charge in [-0.3, -0.25) is 4.79 Å². The number of carboxylic acids is 1. The molecule has 4 nitrogen and oxygen atoms in total. The molecule has 0 atom stereocenters. The largest absolute Gasteiger partial charge is 0.507 e. The lowest BCUT2D eigenvalue weighted by molar-refractivity contribution is -0.131. The molecule has 0 unspecified atom stereocenters. The minimum atomic E-state index is -1.65. The van der Waals surface area contributed by atoms with Crippen LogP contribution in [0.3, 0.4) is 0 Å². The fourth-order valence-corrected chi connectivity index (χ4v) is 1.10. The number of carbonyl (C=O) groups excluding carboxylic acids is 1. The van der Waals surface area contributed by atoms with Crippen molar-refractivity contribution >= 4 is 23.4 Å². The average molecular weight is 201 g/mol. The number of aliphatic carboxylic acids is 1. The zero-order valence-electron chi connectivity index (χ0n) is 6.32. The van der Waals surface area contributed by atoms with Gasteiger partial charge in [0.25, 0.3) is 5.78 Å². The van der Waals surface area contributed by atoms with Crippen molar-refractivity contribution in [3.05, 3.63) is 28.8 Å². The van der Waals surface area contributed by atoms with E-state index in [2.05, 4.69) is 0 Å². The van der Waals surface area contributed by atoms with Gasteiger partial charge in [-0.1, -0.05) is 17.7 Å². The van der Waals surface area contributed by atoms with Crippen LogP contribution in [0, 0.1) is 0 Å². The van der Waals surface area contributed by atoms with E-state index in [1.54, 1.807) is 0 Å². The summed E-state index contributed by atoms with van der Waals surface area (Å²) in [6, 6.07) is 3.94. The van der Waals surface area contributed by atoms with Gasteiger partial charge in [-0.15, -0.1) is 0 Å². The van der Waals surface area contributed by atoms with Crippen molar-refractivity contribution in [1.29, 1.82) is 0 Å². The average Bonchev–Trinajstić information content (AvgIpc) is 2.03. The van der Waals surface area contributed by atoms with Gasteiger partial charge in [-0.2, -0.15) is 0 Å². The van der Waals surface area contributed by atoms with Gasteiger partial charge in [0.15, 0.2) is 0 Å². The summed E-state index contributed by atoms with van der Waals surface area (Å²) in [5, 5.41) is 17.4. The summed E-state index contributed by atoms with van der Waals surface area (Å²) in [4.78, 5) is 21.2. The number of hydrogen-bond acceptors (Lipinski definition) is 3. The van der Waals surface area contributed by atoms with Gasteiger partial charge in [0.1, 0.15) is 5.75 Å². The van der Waals surface area contributed by atoms with Gasteiger partial charge in [-0.05, 0) is 12.1 Å². The highest BCUT2D eigenvalue weighted by atomic mass is 35.5. The molecule has 0 aliphatic carbocycles. The quantitative estimate of drug-likeness (QED) is 0.558. The van der Waals surface area contributed by atoms with Crippen molar-refractivity contribution < 1.29 is 19.8 Å². The molecule has 5 heteroatoms. The number of phenols is 1. The molecule has 68 valence electrons. The van der Waals surface area contributed by atoms with E-state index in [-0.39, 0.29) is 10.6 Å². The second-order valence-electron chi connectivity index (χ2n) is 2.27. The monoisotopic (exact) mass is 200 g/mol. The van der Waals surface area contributed by atoms with Crippen LogP contribution in [0.1, 0.15) is 10.4 Å². The molecule has 0 heterocycles. The van der Waals surface area contributed by atoms with Crippen LogP contribution in [-0.2, 0) is 4.79 Å². The lowest BCUT2D eigenvalue weighted by Crippen LogP contribution is -2.13. The van der Waals surface area contributed by atoms with Crippen LogP contribution in [0.2, 0.25) is 5.02 Å². The van der Waals surface area contributed by atoms with Gasteiger partial charge < -0.3 is 10.2 Å². The van der Waals surface area contributed by atoms with Crippen LogP contribution in [-0.4, -0.2) is 22.0 Å². The highest BCUT2D eigenvalue weighted by molar-refractivity contribution is 6.45. The first-order valence-corrected chi connectivity index (χ1v) is 3.67. The Kier molecular flexibility index (Phi) is 2.53. The Morgan fingerprint density at radius 1 is 1.31 bits per heavy atom. The third kappa shape index (κ3) is 1.78. The molecular formula is C8H5ClO4. The van der Waals surface area contributed by atoms with Crippen molar-refractivity contribution in [2.45, 2.75) is 0 Å². The Labute approximate surface area is 78.4 Å². The number of ketones is 1. The molecule has 2 N–H and O–H groups in total. The summed E-state index contributed by atoms with van der Waals surface area (Å²) in [5.41, 5.74) is -0.378. The fourth-order valence-electron chi connectivity index (χ4n) is 0.844. The zero-order chi connectivity index (χ0) is 10.0. The normalized spacial score (nSPS) is 9.62. The van der Waals surface area contributed by atoms with Gasteiger partial charge >= 0.3 is 5.97 Å². The van der Waals surface area contributed by atoms with Crippen molar-refractivity contribution in [3.63, 3.8) is 0 Å². The van der Waals surface area contributed by atoms with Crippen LogP contribution in [0.5, 0.6) is 5.75 Å². The number of aromatic hydroxyl groups is 1. The molecule has 0 saturated heterocycles. The molecule has 0 amide bonds. The summed E-state index contributed by atoms with van der Waals surface area (Å²) >= 11 is 5.52. The van der Waals surface area contributed by atoms with Crippen LogP contribution in [0.4, 0.5) is 0 Å². The molecule has 0 fully saturated rings. The summed E-state index contributed by atoms with van der Waals surface area (Å²) in [6.07, 6.45) is 0. The Morgan fingerprint density at radius 2 is 1.92 bits per heavy atom. The second-order valence-corrected chi connectivity index (χ2v) is 2.68. The molecule has 0 saturated carbocycles.